The fourth-order valence-corrected chi connectivity index (χ4v) is 9.11. The summed E-state index contributed by atoms with van der Waals surface area (Å²) in [6.07, 6.45) is -1.67. The van der Waals surface area contributed by atoms with Gasteiger partial charge in [0, 0.05) is 0 Å². The summed E-state index contributed by atoms with van der Waals surface area (Å²) in [4.78, 5) is 26.1. The van der Waals surface area contributed by atoms with Crippen molar-refractivity contribution in [1.82, 2.24) is 4.90 Å². The highest BCUT2D eigenvalue weighted by atomic mass is 28.4. The van der Waals surface area contributed by atoms with E-state index in [1.807, 2.05) is 36.4 Å². The molecule has 0 bridgehead atoms. The summed E-state index contributed by atoms with van der Waals surface area (Å²) in [5, 5.41) is 11.5. The summed E-state index contributed by atoms with van der Waals surface area (Å²) in [7, 11) is -2.83. The number of carboxylic acid groups (broad SMARTS) is 1. The second kappa shape index (κ2) is 10.5. The predicted octanol–water partition coefficient (Wildman–Crippen LogP) is 3.65. The molecular formula is C27H37NO6Si. The van der Waals surface area contributed by atoms with Crippen LogP contribution in [-0.2, 0) is 18.7 Å². The average molecular weight is 500 g/mol. The van der Waals surface area contributed by atoms with E-state index in [1.54, 1.807) is 20.8 Å². The van der Waals surface area contributed by atoms with Crippen LogP contribution in [0.5, 0.6) is 0 Å². The quantitative estimate of drug-likeness (QED) is 0.611. The van der Waals surface area contributed by atoms with Crippen LogP contribution in [0.3, 0.4) is 0 Å². The van der Waals surface area contributed by atoms with Crippen molar-refractivity contribution < 1.29 is 28.6 Å². The monoisotopic (exact) mass is 499 g/mol. The van der Waals surface area contributed by atoms with Crippen molar-refractivity contribution in [2.75, 3.05) is 19.8 Å². The molecule has 0 aromatic heterocycles. The first kappa shape index (κ1) is 26.9. The number of hydrogen-bond acceptors (Lipinski definition) is 5. The Morgan fingerprint density at radius 1 is 0.971 bits per heavy atom. The summed E-state index contributed by atoms with van der Waals surface area (Å²) in [6, 6.07) is 20.0. The number of rotatable bonds is 6. The van der Waals surface area contributed by atoms with Gasteiger partial charge >= 0.3 is 12.1 Å². The third-order valence-electron chi connectivity index (χ3n) is 6.11. The Labute approximate surface area is 209 Å². The zero-order valence-corrected chi connectivity index (χ0v) is 22.5. The number of nitrogens with zero attached hydrogens (tertiary/aromatic N) is 1. The van der Waals surface area contributed by atoms with Gasteiger partial charge in [-0.05, 0) is 36.2 Å². The number of carboxylic acids is 1. The standard InChI is InChI=1S/C27H37NO6Si/c1-26(2,3)34-25(31)28-17-23(24(29)30)32-18-20(28)19-33-35(27(4,5)6,21-13-9-7-10-14-21)22-15-11-8-12-16-22/h7-16,20,23H,17-19H2,1-6H3,(H,29,30)/t20-,23+/m0/s1. The lowest BCUT2D eigenvalue weighted by atomic mass is 10.2. The molecule has 35 heavy (non-hydrogen) atoms. The van der Waals surface area contributed by atoms with E-state index < -0.39 is 38.1 Å². The molecule has 0 saturated carbocycles. The Hall–Kier alpha value is -2.68. The van der Waals surface area contributed by atoms with Gasteiger partial charge < -0.3 is 19.0 Å². The van der Waals surface area contributed by atoms with Crippen molar-refractivity contribution in [3.8, 4) is 0 Å². The van der Waals surface area contributed by atoms with E-state index in [9.17, 15) is 14.7 Å². The topological polar surface area (TPSA) is 85.3 Å². The van der Waals surface area contributed by atoms with Crippen molar-refractivity contribution >= 4 is 30.8 Å². The molecule has 1 amide bonds. The maximum Gasteiger partial charge on any atom is 0.410 e. The van der Waals surface area contributed by atoms with E-state index in [-0.39, 0.29) is 24.8 Å². The first-order valence-corrected chi connectivity index (χ1v) is 13.8. The molecule has 8 heteroatoms. The molecule has 190 valence electrons. The number of amides is 1. The Bertz CT molecular complexity index is 960. The van der Waals surface area contributed by atoms with Gasteiger partial charge in [0.25, 0.3) is 8.32 Å². The molecule has 1 fully saturated rings. The maximum absolute atomic E-state index is 13.1. The molecule has 1 N–H and O–H groups in total. The van der Waals surface area contributed by atoms with Gasteiger partial charge in [0.1, 0.15) is 5.60 Å². The molecule has 0 spiro atoms. The zero-order valence-electron chi connectivity index (χ0n) is 21.5. The smallest absolute Gasteiger partial charge is 0.410 e. The van der Waals surface area contributed by atoms with Crippen LogP contribution in [-0.4, -0.2) is 67.9 Å². The fourth-order valence-electron chi connectivity index (χ4n) is 4.51. The lowest BCUT2D eigenvalue weighted by Crippen LogP contribution is -2.68. The van der Waals surface area contributed by atoms with Crippen LogP contribution in [0.15, 0.2) is 60.7 Å². The van der Waals surface area contributed by atoms with E-state index >= 15 is 0 Å². The van der Waals surface area contributed by atoms with E-state index in [0.717, 1.165) is 10.4 Å². The largest absolute Gasteiger partial charge is 0.479 e. The Morgan fingerprint density at radius 2 is 1.49 bits per heavy atom. The van der Waals surface area contributed by atoms with Gasteiger partial charge in [0.05, 0.1) is 25.8 Å². The molecule has 2 atom stereocenters. The normalized spacial score (nSPS) is 19.3. The molecule has 0 aliphatic carbocycles. The van der Waals surface area contributed by atoms with Gasteiger partial charge in [-0.1, -0.05) is 81.4 Å². The predicted molar refractivity (Wildman–Crippen MR) is 138 cm³/mol. The van der Waals surface area contributed by atoms with Crippen molar-refractivity contribution in [3.05, 3.63) is 60.7 Å². The van der Waals surface area contributed by atoms with Crippen LogP contribution in [0.4, 0.5) is 4.79 Å². The molecule has 1 heterocycles. The summed E-state index contributed by atoms with van der Waals surface area (Å²) in [5.41, 5.74) is -0.711. The van der Waals surface area contributed by atoms with Crippen LogP contribution in [0.1, 0.15) is 41.5 Å². The van der Waals surface area contributed by atoms with E-state index in [2.05, 4.69) is 45.0 Å². The number of hydrogen-bond donors (Lipinski definition) is 1. The minimum Gasteiger partial charge on any atom is -0.479 e. The van der Waals surface area contributed by atoms with E-state index in [0.29, 0.717) is 0 Å². The number of aliphatic carboxylic acids is 1. The first-order chi connectivity index (χ1) is 16.3. The van der Waals surface area contributed by atoms with Crippen molar-refractivity contribution in [3.63, 3.8) is 0 Å². The number of ether oxygens (including phenoxy) is 2. The lowest BCUT2D eigenvalue weighted by Gasteiger charge is -2.45. The highest BCUT2D eigenvalue weighted by Gasteiger charge is 2.51. The van der Waals surface area contributed by atoms with E-state index in [1.165, 1.54) is 4.90 Å². The summed E-state index contributed by atoms with van der Waals surface area (Å²) >= 11 is 0. The van der Waals surface area contributed by atoms with Crippen molar-refractivity contribution in [2.24, 2.45) is 0 Å². The second-order valence-electron chi connectivity index (χ2n) is 10.9. The molecule has 1 saturated heterocycles. The molecular weight excluding hydrogens is 462 g/mol. The number of benzene rings is 2. The van der Waals surface area contributed by atoms with Gasteiger partial charge in [0.15, 0.2) is 6.10 Å². The van der Waals surface area contributed by atoms with Crippen molar-refractivity contribution in [1.29, 1.82) is 0 Å². The third-order valence-corrected chi connectivity index (χ3v) is 11.1. The lowest BCUT2D eigenvalue weighted by molar-refractivity contribution is -0.159. The van der Waals surface area contributed by atoms with Crippen LogP contribution in [0, 0.1) is 0 Å². The van der Waals surface area contributed by atoms with Gasteiger partial charge in [-0.25, -0.2) is 9.59 Å². The van der Waals surface area contributed by atoms with Crippen molar-refractivity contribution in [2.45, 2.75) is 64.3 Å². The molecule has 7 nitrogen and oxygen atoms in total. The molecule has 1 aliphatic heterocycles. The average Bonchev–Trinajstić information content (AvgIpc) is 2.79. The maximum atomic E-state index is 13.1. The van der Waals surface area contributed by atoms with Gasteiger partial charge in [-0.15, -0.1) is 0 Å². The molecule has 2 aromatic carbocycles. The zero-order chi connectivity index (χ0) is 25.9. The summed E-state index contributed by atoms with van der Waals surface area (Å²) in [6.45, 7) is 12.1. The highest BCUT2D eigenvalue weighted by Crippen LogP contribution is 2.37. The van der Waals surface area contributed by atoms with Gasteiger partial charge in [-0.3, -0.25) is 4.90 Å². The van der Waals surface area contributed by atoms with Crippen LogP contribution in [0.2, 0.25) is 5.04 Å². The van der Waals surface area contributed by atoms with Crippen LogP contribution >= 0.6 is 0 Å². The number of morpholine rings is 1. The van der Waals surface area contributed by atoms with Gasteiger partial charge in [-0.2, -0.15) is 0 Å². The third kappa shape index (κ3) is 6.12. The SMILES string of the molecule is CC(C)(C)OC(=O)N1C[C@H](C(=O)O)OC[C@H]1CO[Si](c1ccccc1)(c1ccccc1)C(C)(C)C. The number of carbonyl (C=O) groups excluding carboxylic acids is 1. The van der Waals surface area contributed by atoms with Crippen LogP contribution < -0.4 is 10.4 Å². The number of carbonyl (C=O) groups is 2. The highest BCUT2D eigenvalue weighted by molar-refractivity contribution is 6.99. The minimum absolute atomic E-state index is 0.0500. The molecule has 0 radical (unpaired) electrons. The Balaban J connectivity index is 1.98. The first-order valence-electron chi connectivity index (χ1n) is 11.9. The Kier molecular flexibility index (Phi) is 8.09. The minimum atomic E-state index is -2.83. The summed E-state index contributed by atoms with van der Waals surface area (Å²) < 4.78 is 18.2. The van der Waals surface area contributed by atoms with E-state index in [4.69, 9.17) is 13.9 Å². The molecule has 3 rings (SSSR count). The Morgan fingerprint density at radius 3 is 1.91 bits per heavy atom. The summed E-state index contributed by atoms with van der Waals surface area (Å²) in [5.74, 6) is -1.11. The molecule has 2 aromatic rings. The fraction of sp³-hybridized carbons (Fsp3) is 0.481. The van der Waals surface area contributed by atoms with Crippen LogP contribution in [0.25, 0.3) is 0 Å². The molecule has 1 aliphatic rings. The second-order valence-corrected chi connectivity index (χ2v) is 15.2. The molecule has 0 unspecified atom stereocenters. The van der Waals surface area contributed by atoms with Gasteiger partial charge in [0.2, 0.25) is 0 Å².